The average molecular weight is 341 g/mol. The van der Waals surface area contributed by atoms with Crippen molar-refractivity contribution in [1.29, 1.82) is 0 Å². The van der Waals surface area contributed by atoms with E-state index in [1.165, 1.54) is 6.07 Å². The van der Waals surface area contributed by atoms with Gasteiger partial charge in [-0.3, -0.25) is 0 Å². The first-order chi connectivity index (χ1) is 11.4. The fraction of sp³-hybridized carbons (Fsp3) is 0.333. The summed E-state index contributed by atoms with van der Waals surface area (Å²) in [5.74, 6) is -1.29. The third kappa shape index (κ3) is 4.33. The Morgan fingerprint density at radius 2 is 1.67 bits per heavy atom. The van der Waals surface area contributed by atoms with Crippen molar-refractivity contribution in [2.75, 3.05) is 6.61 Å². The zero-order valence-electron chi connectivity index (χ0n) is 13.1. The molecule has 0 fully saturated rings. The third-order valence-corrected chi connectivity index (χ3v) is 3.90. The summed E-state index contributed by atoms with van der Waals surface area (Å²) in [5, 5.41) is 12.8. The fourth-order valence-electron chi connectivity index (χ4n) is 2.61. The van der Waals surface area contributed by atoms with Crippen molar-refractivity contribution in [2.45, 2.75) is 31.6 Å². The smallest absolute Gasteiger partial charge is 0.394 e. The molecule has 2 aromatic rings. The van der Waals surface area contributed by atoms with Gasteiger partial charge in [0.05, 0.1) is 18.2 Å². The molecular formula is C18H19F4NO. The van der Waals surface area contributed by atoms with Crippen LogP contribution in [0.1, 0.15) is 42.1 Å². The second kappa shape index (κ2) is 7.77. The SMILES string of the molecule is CC[C@H](N[C@H](CO)c1ccccc1)c1ccc(C(F)(F)F)c(F)c1. The zero-order chi connectivity index (χ0) is 17.7. The summed E-state index contributed by atoms with van der Waals surface area (Å²) >= 11 is 0. The summed E-state index contributed by atoms with van der Waals surface area (Å²) in [6.07, 6.45) is -4.18. The Balaban J connectivity index is 2.23. The van der Waals surface area contributed by atoms with Crippen LogP contribution in [0.3, 0.4) is 0 Å². The number of hydrogen-bond donors (Lipinski definition) is 2. The number of rotatable bonds is 6. The molecule has 130 valence electrons. The van der Waals surface area contributed by atoms with E-state index in [1.54, 1.807) is 0 Å². The summed E-state index contributed by atoms with van der Waals surface area (Å²) < 4.78 is 51.8. The molecule has 2 rings (SSSR count). The summed E-state index contributed by atoms with van der Waals surface area (Å²) in [6, 6.07) is 11.4. The standard InChI is InChI=1S/C18H19F4NO/c1-2-16(23-17(11-24)12-6-4-3-5-7-12)13-8-9-14(15(19)10-13)18(20,21)22/h3-10,16-17,23-24H,2,11H2,1H3/t16-,17+/m0/s1. The van der Waals surface area contributed by atoms with E-state index < -0.39 is 17.6 Å². The predicted molar refractivity (Wildman–Crippen MR) is 83.8 cm³/mol. The van der Waals surface area contributed by atoms with Crippen LogP contribution in [-0.4, -0.2) is 11.7 Å². The molecule has 0 aliphatic carbocycles. The van der Waals surface area contributed by atoms with Gasteiger partial charge < -0.3 is 10.4 Å². The molecule has 0 unspecified atom stereocenters. The van der Waals surface area contributed by atoms with Crippen LogP contribution in [0, 0.1) is 5.82 Å². The van der Waals surface area contributed by atoms with Gasteiger partial charge in [-0.2, -0.15) is 13.2 Å². The maximum atomic E-state index is 13.8. The molecule has 0 amide bonds. The lowest BCUT2D eigenvalue weighted by Crippen LogP contribution is -2.28. The number of halogens is 4. The number of benzene rings is 2. The molecule has 6 heteroatoms. The summed E-state index contributed by atoms with van der Waals surface area (Å²) in [5.41, 5.74) is -0.00825. The van der Waals surface area contributed by atoms with E-state index in [-0.39, 0.29) is 18.7 Å². The van der Waals surface area contributed by atoms with Crippen molar-refractivity contribution in [1.82, 2.24) is 5.32 Å². The highest BCUT2D eigenvalue weighted by Gasteiger charge is 2.34. The van der Waals surface area contributed by atoms with Gasteiger partial charge in [0.25, 0.3) is 0 Å². The topological polar surface area (TPSA) is 32.3 Å². The molecule has 0 aliphatic heterocycles. The van der Waals surface area contributed by atoms with Crippen LogP contribution in [0.5, 0.6) is 0 Å². The van der Waals surface area contributed by atoms with Gasteiger partial charge in [-0.15, -0.1) is 0 Å². The second-order valence-electron chi connectivity index (χ2n) is 5.51. The molecule has 0 radical (unpaired) electrons. The summed E-state index contributed by atoms with van der Waals surface area (Å²) in [7, 11) is 0. The van der Waals surface area contributed by atoms with Gasteiger partial charge in [0.1, 0.15) is 5.82 Å². The largest absolute Gasteiger partial charge is 0.419 e. The zero-order valence-corrected chi connectivity index (χ0v) is 13.1. The lowest BCUT2D eigenvalue weighted by Gasteiger charge is -2.25. The highest BCUT2D eigenvalue weighted by molar-refractivity contribution is 5.29. The van der Waals surface area contributed by atoms with Crippen molar-refractivity contribution in [3.05, 3.63) is 71.0 Å². The summed E-state index contributed by atoms with van der Waals surface area (Å²) in [6.45, 7) is 1.66. The van der Waals surface area contributed by atoms with E-state index in [9.17, 15) is 22.7 Å². The van der Waals surface area contributed by atoms with Crippen LogP contribution in [0.25, 0.3) is 0 Å². The van der Waals surface area contributed by atoms with Crippen molar-refractivity contribution >= 4 is 0 Å². The minimum absolute atomic E-state index is 0.177. The van der Waals surface area contributed by atoms with E-state index in [0.29, 0.717) is 12.0 Å². The average Bonchev–Trinajstić information content (AvgIpc) is 2.55. The van der Waals surface area contributed by atoms with Gasteiger partial charge in [-0.05, 0) is 29.7 Å². The highest BCUT2D eigenvalue weighted by Crippen LogP contribution is 2.33. The highest BCUT2D eigenvalue weighted by atomic mass is 19.4. The van der Waals surface area contributed by atoms with E-state index in [1.807, 2.05) is 37.3 Å². The number of hydrogen-bond acceptors (Lipinski definition) is 2. The first kappa shape index (κ1) is 18.4. The molecule has 2 atom stereocenters. The Kier molecular flexibility index (Phi) is 5.96. The van der Waals surface area contributed by atoms with E-state index in [2.05, 4.69) is 5.32 Å². The van der Waals surface area contributed by atoms with Crippen LogP contribution < -0.4 is 5.32 Å². The lowest BCUT2D eigenvalue weighted by atomic mass is 9.99. The van der Waals surface area contributed by atoms with Crippen LogP contribution >= 0.6 is 0 Å². The first-order valence-electron chi connectivity index (χ1n) is 7.65. The quantitative estimate of drug-likeness (QED) is 0.752. The van der Waals surface area contributed by atoms with Gasteiger partial charge in [-0.25, -0.2) is 4.39 Å². The Morgan fingerprint density at radius 3 is 2.17 bits per heavy atom. The van der Waals surface area contributed by atoms with Gasteiger partial charge in [0, 0.05) is 6.04 Å². The Bertz CT molecular complexity index is 658. The monoisotopic (exact) mass is 341 g/mol. The predicted octanol–water partition coefficient (Wildman–Crippen LogP) is 4.62. The van der Waals surface area contributed by atoms with E-state index in [0.717, 1.165) is 17.7 Å². The lowest BCUT2D eigenvalue weighted by molar-refractivity contribution is -0.140. The number of aliphatic hydroxyl groups excluding tert-OH is 1. The van der Waals surface area contributed by atoms with Gasteiger partial charge in [-0.1, -0.05) is 43.3 Å². The minimum atomic E-state index is -4.71. The molecule has 0 aliphatic rings. The molecule has 2 nitrogen and oxygen atoms in total. The molecule has 24 heavy (non-hydrogen) atoms. The molecule has 2 aromatic carbocycles. The van der Waals surface area contributed by atoms with Gasteiger partial charge >= 0.3 is 6.18 Å². The second-order valence-corrected chi connectivity index (χ2v) is 5.51. The molecule has 0 spiro atoms. The van der Waals surface area contributed by atoms with E-state index in [4.69, 9.17) is 0 Å². The summed E-state index contributed by atoms with van der Waals surface area (Å²) in [4.78, 5) is 0. The molecule has 0 saturated heterocycles. The first-order valence-corrected chi connectivity index (χ1v) is 7.65. The normalized spacial score (nSPS) is 14.4. The number of aliphatic hydroxyl groups is 1. The van der Waals surface area contributed by atoms with Crippen molar-refractivity contribution in [3.8, 4) is 0 Å². The maximum Gasteiger partial charge on any atom is 0.419 e. The van der Waals surface area contributed by atoms with Crippen molar-refractivity contribution in [2.24, 2.45) is 0 Å². The minimum Gasteiger partial charge on any atom is -0.394 e. The van der Waals surface area contributed by atoms with Crippen molar-refractivity contribution in [3.63, 3.8) is 0 Å². The van der Waals surface area contributed by atoms with E-state index >= 15 is 0 Å². The molecule has 0 saturated carbocycles. The molecule has 2 N–H and O–H groups in total. The molecule has 0 bridgehead atoms. The van der Waals surface area contributed by atoms with Crippen molar-refractivity contribution < 1.29 is 22.7 Å². The van der Waals surface area contributed by atoms with Crippen LogP contribution in [0.4, 0.5) is 17.6 Å². The Morgan fingerprint density at radius 1 is 1.00 bits per heavy atom. The number of alkyl halides is 3. The third-order valence-electron chi connectivity index (χ3n) is 3.90. The molecule has 0 heterocycles. The van der Waals surface area contributed by atoms with Gasteiger partial charge in [0.2, 0.25) is 0 Å². The Labute approximate surface area is 138 Å². The molecule has 0 aromatic heterocycles. The van der Waals surface area contributed by atoms with Crippen LogP contribution in [0.2, 0.25) is 0 Å². The Hall–Kier alpha value is -1.92. The van der Waals surface area contributed by atoms with Crippen LogP contribution in [0.15, 0.2) is 48.5 Å². The maximum absolute atomic E-state index is 13.8. The van der Waals surface area contributed by atoms with Gasteiger partial charge in [0.15, 0.2) is 0 Å². The number of nitrogens with one attached hydrogen (secondary N) is 1. The fourth-order valence-corrected chi connectivity index (χ4v) is 2.61. The van der Waals surface area contributed by atoms with Crippen LogP contribution in [-0.2, 0) is 6.18 Å². The molecular weight excluding hydrogens is 322 g/mol.